The van der Waals surface area contributed by atoms with Crippen LogP contribution in [-0.4, -0.2) is 49.5 Å². The summed E-state index contributed by atoms with van der Waals surface area (Å²) in [5.41, 5.74) is 2.52. The third-order valence-electron chi connectivity index (χ3n) is 7.29. The highest BCUT2D eigenvalue weighted by atomic mass is 32.1. The van der Waals surface area contributed by atoms with E-state index >= 15 is 0 Å². The maximum atomic E-state index is 14.0. The van der Waals surface area contributed by atoms with E-state index in [-0.39, 0.29) is 29.9 Å². The Morgan fingerprint density at radius 3 is 2.37 bits per heavy atom. The average molecular weight is 645 g/mol. The molecule has 0 amide bonds. The van der Waals surface area contributed by atoms with Crippen molar-refractivity contribution in [3.05, 3.63) is 114 Å². The van der Waals surface area contributed by atoms with Gasteiger partial charge in [-0.3, -0.25) is 9.36 Å². The van der Waals surface area contributed by atoms with Gasteiger partial charge in [-0.1, -0.05) is 35.6 Å². The molecule has 46 heavy (non-hydrogen) atoms. The Morgan fingerprint density at radius 2 is 1.67 bits per heavy atom. The molecule has 2 heterocycles. The van der Waals surface area contributed by atoms with E-state index in [1.165, 1.54) is 43.3 Å². The van der Waals surface area contributed by atoms with Gasteiger partial charge in [0.1, 0.15) is 6.61 Å². The highest BCUT2D eigenvalue weighted by molar-refractivity contribution is 7.07. The number of benzene rings is 3. The van der Waals surface area contributed by atoms with Gasteiger partial charge in [0.2, 0.25) is 0 Å². The van der Waals surface area contributed by atoms with Crippen molar-refractivity contribution in [3.63, 3.8) is 0 Å². The standard InChI is InChI=1S/C34H32N2O9S/c1-6-44-33(40)29-19(2)35-34-36(30(29)22-11-13-24(41-3)27(17-22)43-5)31(37)28(46-34)16-20-10-12-25(26(15-20)42-4)45-18-21-8-7-9-23(14-21)32(38)39/h7-17,30H,6,18H2,1-5H3,(H,38,39)/t30-/m0/s1. The van der Waals surface area contributed by atoms with E-state index in [0.29, 0.717) is 54.7 Å². The van der Waals surface area contributed by atoms with Gasteiger partial charge in [0.15, 0.2) is 27.8 Å². The van der Waals surface area contributed by atoms with Crippen LogP contribution in [0.3, 0.4) is 0 Å². The van der Waals surface area contributed by atoms with Crippen molar-refractivity contribution in [2.24, 2.45) is 4.99 Å². The summed E-state index contributed by atoms with van der Waals surface area (Å²) < 4.78 is 29.7. The SMILES string of the molecule is CCOC(=O)C1=C(C)N=c2sc(=Cc3ccc(OCc4cccc(C(=O)O)c4)c(OC)c3)c(=O)n2[C@H]1c1ccc(OC)c(OC)c1. The van der Waals surface area contributed by atoms with Crippen LogP contribution in [0.1, 0.15) is 46.9 Å². The number of carboxylic acid groups (broad SMARTS) is 1. The van der Waals surface area contributed by atoms with Crippen LogP contribution < -0.4 is 33.8 Å². The Balaban J connectivity index is 1.54. The number of allylic oxidation sites excluding steroid dienone is 1. The number of carboxylic acids is 1. The minimum atomic E-state index is -1.02. The molecule has 0 aliphatic carbocycles. The smallest absolute Gasteiger partial charge is 0.338 e. The monoisotopic (exact) mass is 644 g/mol. The number of nitrogens with zero attached hydrogens (tertiary/aromatic N) is 2. The topological polar surface area (TPSA) is 135 Å². The molecule has 1 aliphatic heterocycles. The lowest BCUT2D eigenvalue weighted by Gasteiger charge is -2.25. The van der Waals surface area contributed by atoms with Crippen molar-refractivity contribution in [1.29, 1.82) is 0 Å². The van der Waals surface area contributed by atoms with Crippen LogP contribution in [0.2, 0.25) is 0 Å². The summed E-state index contributed by atoms with van der Waals surface area (Å²) >= 11 is 1.20. The number of thiazole rings is 1. The number of aromatic nitrogens is 1. The van der Waals surface area contributed by atoms with E-state index in [4.69, 9.17) is 23.7 Å². The lowest BCUT2D eigenvalue weighted by atomic mass is 9.95. The molecule has 1 aliphatic rings. The number of rotatable bonds is 11. The molecule has 0 bridgehead atoms. The van der Waals surface area contributed by atoms with E-state index in [1.807, 2.05) is 0 Å². The van der Waals surface area contributed by atoms with Crippen LogP contribution >= 0.6 is 11.3 Å². The molecule has 1 atom stereocenters. The maximum Gasteiger partial charge on any atom is 0.338 e. The second-order valence-corrected chi connectivity index (χ2v) is 11.1. The lowest BCUT2D eigenvalue weighted by molar-refractivity contribution is -0.139. The number of aromatic carboxylic acids is 1. The molecule has 4 aromatic rings. The Morgan fingerprint density at radius 1 is 0.957 bits per heavy atom. The van der Waals surface area contributed by atoms with Gasteiger partial charge in [-0.15, -0.1) is 0 Å². The summed E-state index contributed by atoms with van der Waals surface area (Å²) in [7, 11) is 4.55. The Kier molecular flexibility index (Phi) is 9.57. The number of methoxy groups -OCH3 is 3. The third-order valence-corrected chi connectivity index (χ3v) is 8.28. The number of carbonyl (C=O) groups is 2. The van der Waals surface area contributed by atoms with Gasteiger partial charge in [-0.05, 0) is 73.0 Å². The van der Waals surface area contributed by atoms with Crippen LogP contribution in [0, 0.1) is 0 Å². The fourth-order valence-corrected chi connectivity index (χ4v) is 6.18. The summed E-state index contributed by atoms with van der Waals surface area (Å²) in [6, 6.07) is 16.2. The predicted octanol–water partition coefficient (Wildman–Crippen LogP) is 4.10. The molecule has 0 unspecified atom stereocenters. The number of esters is 1. The number of carbonyl (C=O) groups excluding carboxylic acids is 1. The lowest BCUT2D eigenvalue weighted by Crippen LogP contribution is -2.39. The summed E-state index contributed by atoms with van der Waals surface area (Å²) in [5.74, 6) is 0.255. The van der Waals surface area contributed by atoms with Gasteiger partial charge in [0.05, 0.1) is 55.3 Å². The molecular formula is C34H32N2O9S. The van der Waals surface area contributed by atoms with Crippen molar-refractivity contribution in [3.8, 4) is 23.0 Å². The van der Waals surface area contributed by atoms with Crippen molar-refractivity contribution in [1.82, 2.24) is 4.57 Å². The molecule has 3 aromatic carbocycles. The van der Waals surface area contributed by atoms with Gasteiger partial charge in [0.25, 0.3) is 5.56 Å². The van der Waals surface area contributed by atoms with Gasteiger partial charge >= 0.3 is 11.9 Å². The van der Waals surface area contributed by atoms with Crippen molar-refractivity contribution < 1.29 is 38.4 Å². The summed E-state index contributed by atoms with van der Waals surface area (Å²) in [4.78, 5) is 43.6. The van der Waals surface area contributed by atoms with Crippen LogP contribution in [0.25, 0.3) is 6.08 Å². The predicted molar refractivity (Wildman–Crippen MR) is 171 cm³/mol. The molecule has 0 radical (unpaired) electrons. The zero-order chi connectivity index (χ0) is 33.0. The maximum absolute atomic E-state index is 14.0. The summed E-state index contributed by atoms with van der Waals surface area (Å²) in [5, 5.41) is 9.26. The number of ether oxygens (including phenoxy) is 5. The van der Waals surface area contributed by atoms with Crippen molar-refractivity contribution in [2.45, 2.75) is 26.5 Å². The molecule has 0 saturated heterocycles. The zero-order valence-electron chi connectivity index (χ0n) is 25.9. The van der Waals surface area contributed by atoms with Gasteiger partial charge in [0, 0.05) is 0 Å². The number of hydrogen-bond donors (Lipinski definition) is 1. The summed E-state index contributed by atoms with van der Waals surface area (Å²) in [6.07, 6.45) is 1.72. The van der Waals surface area contributed by atoms with Crippen molar-refractivity contribution in [2.75, 3.05) is 27.9 Å². The zero-order valence-corrected chi connectivity index (χ0v) is 26.7. The molecule has 5 rings (SSSR count). The van der Waals surface area contributed by atoms with Crippen LogP contribution in [0.5, 0.6) is 23.0 Å². The second kappa shape index (κ2) is 13.7. The molecular weight excluding hydrogens is 612 g/mol. The minimum absolute atomic E-state index is 0.133. The fraction of sp³-hybridized carbons (Fsp3) is 0.235. The second-order valence-electron chi connectivity index (χ2n) is 10.1. The molecule has 0 saturated carbocycles. The first-order chi connectivity index (χ1) is 22.2. The molecule has 238 valence electrons. The van der Waals surface area contributed by atoms with Crippen LogP contribution in [0.15, 0.2) is 81.7 Å². The fourth-order valence-electron chi connectivity index (χ4n) is 5.13. The van der Waals surface area contributed by atoms with Crippen molar-refractivity contribution >= 4 is 29.4 Å². The number of fused-ring (bicyclic) bond motifs is 1. The Labute approximate surface area is 268 Å². The molecule has 1 aromatic heterocycles. The Hall–Kier alpha value is -5.36. The molecule has 11 nitrogen and oxygen atoms in total. The molecule has 0 fully saturated rings. The van der Waals surface area contributed by atoms with Gasteiger partial charge < -0.3 is 28.8 Å². The molecule has 12 heteroatoms. The summed E-state index contributed by atoms with van der Waals surface area (Å²) in [6.45, 7) is 3.73. The van der Waals surface area contributed by atoms with E-state index in [9.17, 15) is 19.5 Å². The van der Waals surface area contributed by atoms with Gasteiger partial charge in [-0.25, -0.2) is 14.6 Å². The quantitative estimate of drug-likeness (QED) is 0.240. The highest BCUT2D eigenvalue weighted by Crippen LogP contribution is 2.36. The van der Waals surface area contributed by atoms with E-state index in [1.54, 1.807) is 74.5 Å². The third kappa shape index (κ3) is 6.38. The van der Waals surface area contributed by atoms with Crippen LogP contribution in [-0.2, 0) is 16.1 Å². The van der Waals surface area contributed by atoms with E-state index in [2.05, 4.69) is 4.99 Å². The van der Waals surface area contributed by atoms with Crippen LogP contribution in [0.4, 0.5) is 0 Å². The molecule has 0 spiro atoms. The average Bonchev–Trinajstić information content (AvgIpc) is 3.36. The largest absolute Gasteiger partial charge is 0.493 e. The number of hydrogen-bond acceptors (Lipinski definition) is 10. The normalized spacial score (nSPS) is 14.3. The molecule has 1 N–H and O–H groups in total. The Bertz CT molecular complexity index is 2030. The van der Waals surface area contributed by atoms with E-state index in [0.717, 1.165) is 0 Å². The first-order valence-corrected chi connectivity index (χ1v) is 15.0. The first-order valence-electron chi connectivity index (χ1n) is 14.2. The highest BCUT2D eigenvalue weighted by Gasteiger charge is 2.34. The van der Waals surface area contributed by atoms with Gasteiger partial charge in [-0.2, -0.15) is 0 Å². The van der Waals surface area contributed by atoms with E-state index < -0.39 is 18.0 Å². The minimum Gasteiger partial charge on any atom is -0.493 e. The first kappa shape index (κ1) is 32.0.